The van der Waals surface area contributed by atoms with Gasteiger partial charge in [0.1, 0.15) is 22.7 Å². The van der Waals surface area contributed by atoms with Crippen molar-refractivity contribution in [3.8, 4) is 0 Å². The number of fused-ring (bicyclic) bond motifs is 1. The van der Waals surface area contributed by atoms with Crippen LogP contribution in [0.4, 0.5) is 5.69 Å². The van der Waals surface area contributed by atoms with Crippen LogP contribution in [0.25, 0.3) is 0 Å². The van der Waals surface area contributed by atoms with E-state index in [4.69, 9.17) is 5.73 Å². The van der Waals surface area contributed by atoms with E-state index in [1.54, 1.807) is 18.2 Å². The maximum atomic E-state index is 12.6. The number of ketones is 1. The molecule has 0 amide bonds. The minimum atomic E-state index is -4.48. The lowest BCUT2D eigenvalue weighted by atomic mass is 9.84. The molecule has 0 saturated carbocycles. The Morgan fingerprint density at radius 1 is 1.32 bits per heavy atom. The van der Waals surface area contributed by atoms with Gasteiger partial charge in [-0.1, -0.05) is 18.2 Å². The first kappa shape index (κ1) is 15.1. The van der Waals surface area contributed by atoms with Crippen molar-refractivity contribution in [2.45, 2.75) is 18.2 Å². The average Bonchev–Trinajstić information content (AvgIpc) is 2.45. The SMILES string of the molecule is CC1=CC(S(=O)(=O)O)C(N)C2=C1C(=O)c1ccccc1[NH+]2[O-]. The number of carbonyl (C=O) groups excluding carboxylic acids is 1. The highest BCUT2D eigenvalue weighted by Gasteiger charge is 2.44. The summed E-state index contributed by atoms with van der Waals surface area (Å²) in [6.07, 6.45) is 1.22. The first-order valence-corrected chi connectivity index (χ1v) is 8.07. The molecular weight excluding hydrogens is 308 g/mol. The number of allylic oxidation sites excluding steroid dienone is 2. The monoisotopic (exact) mass is 322 g/mol. The molecule has 1 aliphatic carbocycles. The Balaban J connectivity index is 2.23. The summed E-state index contributed by atoms with van der Waals surface area (Å²) in [5, 5.41) is 10.7. The predicted molar refractivity (Wildman–Crippen MR) is 78.9 cm³/mol. The quantitative estimate of drug-likeness (QED) is 0.481. The second-order valence-electron chi connectivity index (χ2n) is 5.35. The Kier molecular flexibility index (Phi) is 3.31. The summed E-state index contributed by atoms with van der Waals surface area (Å²) in [7, 11) is -4.48. The molecule has 1 heterocycles. The van der Waals surface area contributed by atoms with E-state index >= 15 is 0 Å². The predicted octanol–water partition coefficient (Wildman–Crippen LogP) is -0.305. The standard InChI is InChI=1S/C14H14N2O5S/c1-7-6-10(22(19,20)21)12(15)13-11(7)14(17)8-4-2-3-5-9(8)16(13)18/h2-6,10,12,16H,15H2,1H3,(H,19,20,21). The van der Waals surface area contributed by atoms with Crippen molar-refractivity contribution >= 4 is 21.6 Å². The second-order valence-corrected chi connectivity index (χ2v) is 6.92. The molecule has 22 heavy (non-hydrogen) atoms. The maximum absolute atomic E-state index is 12.6. The number of rotatable bonds is 1. The normalized spacial score (nSPS) is 28.1. The van der Waals surface area contributed by atoms with Gasteiger partial charge in [-0.3, -0.25) is 9.35 Å². The van der Waals surface area contributed by atoms with E-state index < -0.39 is 26.5 Å². The Labute approximate surface area is 127 Å². The van der Waals surface area contributed by atoms with Crippen LogP contribution in [-0.2, 0) is 10.1 Å². The van der Waals surface area contributed by atoms with Crippen LogP contribution in [0.1, 0.15) is 17.3 Å². The molecule has 116 valence electrons. The zero-order valence-corrected chi connectivity index (χ0v) is 12.4. The van der Waals surface area contributed by atoms with Crippen molar-refractivity contribution in [3.05, 3.63) is 58.0 Å². The fourth-order valence-electron chi connectivity index (χ4n) is 2.97. The summed E-state index contributed by atoms with van der Waals surface area (Å²) in [6.45, 7) is 1.53. The van der Waals surface area contributed by atoms with Crippen LogP contribution < -0.4 is 10.8 Å². The van der Waals surface area contributed by atoms with Crippen molar-refractivity contribution in [2.75, 3.05) is 0 Å². The Morgan fingerprint density at radius 2 is 1.95 bits per heavy atom. The van der Waals surface area contributed by atoms with E-state index in [0.717, 1.165) is 0 Å². The fraction of sp³-hybridized carbons (Fsp3) is 0.214. The lowest BCUT2D eigenvalue weighted by Gasteiger charge is -2.38. The molecule has 0 bridgehead atoms. The zero-order chi connectivity index (χ0) is 16.2. The van der Waals surface area contributed by atoms with Gasteiger partial charge in [0.25, 0.3) is 10.1 Å². The molecule has 0 saturated heterocycles. The molecule has 3 atom stereocenters. The van der Waals surface area contributed by atoms with Crippen LogP contribution >= 0.6 is 0 Å². The van der Waals surface area contributed by atoms with Gasteiger partial charge in [-0.2, -0.15) is 8.42 Å². The van der Waals surface area contributed by atoms with Crippen LogP contribution in [0.15, 0.2) is 47.2 Å². The van der Waals surface area contributed by atoms with E-state index in [1.807, 2.05) is 0 Å². The molecule has 3 rings (SSSR count). The summed E-state index contributed by atoms with van der Waals surface area (Å²) in [4.78, 5) is 12.6. The summed E-state index contributed by atoms with van der Waals surface area (Å²) in [5.74, 6) is -0.358. The number of quaternary nitrogens is 1. The molecule has 4 N–H and O–H groups in total. The van der Waals surface area contributed by atoms with E-state index in [2.05, 4.69) is 0 Å². The van der Waals surface area contributed by atoms with Gasteiger partial charge in [0.05, 0.1) is 11.1 Å². The van der Waals surface area contributed by atoms with Gasteiger partial charge >= 0.3 is 0 Å². The minimum absolute atomic E-state index is 0.0497. The van der Waals surface area contributed by atoms with Gasteiger partial charge < -0.3 is 16.0 Å². The Morgan fingerprint density at radius 3 is 2.59 bits per heavy atom. The van der Waals surface area contributed by atoms with Gasteiger partial charge in [-0.25, -0.2) is 0 Å². The largest absolute Gasteiger partial charge is 0.624 e. The lowest BCUT2D eigenvalue weighted by Crippen LogP contribution is -3.03. The zero-order valence-electron chi connectivity index (χ0n) is 11.6. The maximum Gasteiger partial charge on any atom is 0.273 e. The van der Waals surface area contributed by atoms with Crippen LogP contribution in [-0.4, -0.2) is 30.0 Å². The van der Waals surface area contributed by atoms with Crippen molar-refractivity contribution in [3.63, 3.8) is 0 Å². The molecule has 0 radical (unpaired) electrons. The van der Waals surface area contributed by atoms with Crippen LogP contribution in [0.3, 0.4) is 0 Å². The van der Waals surface area contributed by atoms with E-state index in [1.165, 1.54) is 19.1 Å². The third-order valence-corrected chi connectivity index (χ3v) is 5.11. The number of para-hydroxylation sites is 1. The first-order valence-electron chi connectivity index (χ1n) is 6.56. The van der Waals surface area contributed by atoms with Gasteiger partial charge in [0.2, 0.25) is 5.78 Å². The van der Waals surface area contributed by atoms with Crippen molar-refractivity contribution < 1.29 is 22.8 Å². The highest BCUT2D eigenvalue weighted by molar-refractivity contribution is 7.86. The number of nitrogens with one attached hydrogen (secondary N) is 1. The van der Waals surface area contributed by atoms with Gasteiger partial charge in [0.15, 0.2) is 0 Å². The molecule has 7 nitrogen and oxygen atoms in total. The third kappa shape index (κ3) is 2.04. The van der Waals surface area contributed by atoms with Crippen molar-refractivity contribution in [1.82, 2.24) is 0 Å². The van der Waals surface area contributed by atoms with Crippen LogP contribution in [0.5, 0.6) is 0 Å². The van der Waals surface area contributed by atoms with E-state index in [-0.39, 0.29) is 28.3 Å². The number of carbonyl (C=O) groups is 1. The number of nitrogens with two attached hydrogens (primary N) is 1. The molecule has 8 heteroatoms. The Bertz CT molecular complexity index is 841. The smallest absolute Gasteiger partial charge is 0.273 e. The molecule has 1 aromatic carbocycles. The minimum Gasteiger partial charge on any atom is -0.624 e. The lowest BCUT2D eigenvalue weighted by molar-refractivity contribution is -0.735. The molecule has 0 spiro atoms. The van der Waals surface area contributed by atoms with Crippen molar-refractivity contribution in [1.29, 1.82) is 0 Å². The molecular formula is C14H14N2O5S. The fourth-order valence-corrected chi connectivity index (χ4v) is 3.86. The van der Waals surface area contributed by atoms with Crippen molar-refractivity contribution in [2.24, 2.45) is 5.73 Å². The molecule has 2 aliphatic rings. The summed E-state index contributed by atoms with van der Waals surface area (Å²) < 4.78 is 32.2. The number of Topliss-reactive ketones (excluding diaryl/α,β-unsaturated/α-hetero) is 1. The summed E-state index contributed by atoms with van der Waals surface area (Å²) in [6, 6.07) is 5.04. The highest BCUT2D eigenvalue weighted by Crippen LogP contribution is 2.32. The summed E-state index contributed by atoms with van der Waals surface area (Å²) in [5.41, 5.74) is 6.76. The topological polar surface area (TPSA) is 125 Å². The van der Waals surface area contributed by atoms with E-state index in [9.17, 15) is 23.0 Å². The molecule has 1 aliphatic heterocycles. The number of benzene rings is 1. The number of hydroxylamine groups is 1. The number of hydrogen-bond acceptors (Lipinski definition) is 5. The molecule has 0 fully saturated rings. The van der Waals surface area contributed by atoms with Crippen LogP contribution in [0.2, 0.25) is 0 Å². The van der Waals surface area contributed by atoms with E-state index in [0.29, 0.717) is 5.57 Å². The molecule has 0 aromatic heterocycles. The number of hydrogen-bond donors (Lipinski definition) is 3. The third-order valence-electron chi connectivity index (χ3n) is 4.00. The highest BCUT2D eigenvalue weighted by atomic mass is 32.2. The van der Waals surface area contributed by atoms with Gasteiger partial charge in [-0.05, 0) is 18.6 Å². The molecule has 1 aromatic rings. The van der Waals surface area contributed by atoms with Gasteiger partial charge in [-0.15, -0.1) is 0 Å². The Hall–Kier alpha value is -1.84. The van der Waals surface area contributed by atoms with Crippen LogP contribution in [0, 0.1) is 5.21 Å². The average molecular weight is 322 g/mol. The van der Waals surface area contributed by atoms with Gasteiger partial charge in [0, 0.05) is 6.07 Å². The first-order chi connectivity index (χ1) is 10.2. The molecule has 3 unspecified atom stereocenters. The summed E-state index contributed by atoms with van der Waals surface area (Å²) >= 11 is 0. The second kappa shape index (κ2) is 4.83.